The number of amides is 1. The van der Waals surface area contributed by atoms with Gasteiger partial charge in [-0.3, -0.25) is 4.79 Å². The van der Waals surface area contributed by atoms with Gasteiger partial charge >= 0.3 is 5.82 Å². The van der Waals surface area contributed by atoms with Crippen molar-refractivity contribution in [1.29, 1.82) is 0 Å². The molecule has 0 unspecified atom stereocenters. The minimum atomic E-state index is -0.836. The van der Waals surface area contributed by atoms with Crippen molar-refractivity contribution >= 4 is 23.5 Å². The molecule has 0 bridgehead atoms. The fraction of sp³-hybridized carbons (Fsp3) is 0.429. The summed E-state index contributed by atoms with van der Waals surface area (Å²) in [5.74, 6) is -0.558. The molecule has 0 aromatic carbocycles. The van der Waals surface area contributed by atoms with Gasteiger partial charge in [-0.25, -0.2) is 0 Å². The molecule has 1 amide bonds. The highest BCUT2D eigenvalue weighted by Gasteiger charge is 2.24. The Balaban J connectivity index is 2.98. The van der Waals surface area contributed by atoms with Crippen LogP contribution in [0.4, 0.5) is 5.82 Å². The molecule has 0 fully saturated rings. The molecule has 0 spiro atoms. The van der Waals surface area contributed by atoms with Crippen molar-refractivity contribution in [2.24, 2.45) is 5.73 Å². The van der Waals surface area contributed by atoms with E-state index in [9.17, 15) is 14.9 Å². The van der Waals surface area contributed by atoms with Gasteiger partial charge in [0.1, 0.15) is 0 Å². The number of primary amides is 1. The topological polar surface area (TPSA) is 104 Å². The van der Waals surface area contributed by atoms with Gasteiger partial charge in [0.2, 0.25) is 0 Å². The van der Waals surface area contributed by atoms with Crippen LogP contribution >= 0.6 is 11.8 Å². The standard InChI is InChI=1S/C7H10N4O3S/c1-15-3-2-10-4-5(6(8)12)7(9-10)11(13)14/h4H,2-3H2,1H3,(H2,8,12). The molecule has 0 aliphatic rings. The number of carbonyl (C=O) groups excluding carboxylic acids is 1. The third-order valence-corrected chi connectivity index (χ3v) is 2.30. The zero-order valence-corrected chi connectivity index (χ0v) is 8.86. The Morgan fingerprint density at radius 3 is 2.87 bits per heavy atom. The maximum atomic E-state index is 10.9. The third kappa shape index (κ3) is 2.69. The van der Waals surface area contributed by atoms with Crippen LogP contribution < -0.4 is 5.73 Å². The average Bonchev–Trinajstić information content (AvgIpc) is 2.58. The van der Waals surface area contributed by atoms with Gasteiger partial charge in [0.05, 0.1) is 17.8 Å². The molecule has 0 aliphatic heterocycles. The number of nitro groups is 1. The molecule has 0 atom stereocenters. The molecule has 1 aromatic heterocycles. The average molecular weight is 230 g/mol. The van der Waals surface area contributed by atoms with E-state index >= 15 is 0 Å². The van der Waals surface area contributed by atoms with Crippen molar-refractivity contribution in [2.45, 2.75) is 6.54 Å². The van der Waals surface area contributed by atoms with Gasteiger partial charge in [0.25, 0.3) is 5.91 Å². The van der Waals surface area contributed by atoms with Crippen molar-refractivity contribution in [3.05, 3.63) is 21.9 Å². The van der Waals surface area contributed by atoms with E-state index in [1.807, 2.05) is 6.26 Å². The smallest absolute Gasteiger partial charge is 0.365 e. The van der Waals surface area contributed by atoms with E-state index in [2.05, 4.69) is 5.10 Å². The van der Waals surface area contributed by atoms with Gasteiger partial charge in [-0.15, -0.1) is 0 Å². The summed E-state index contributed by atoms with van der Waals surface area (Å²) >= 11 is 1.58. The lowest BCUT2D eigenvalue weighted by Gasteiger charge is -1.91. The van der Waals surface area contributed by atoms with Crippen molar-refractivity contribution in [3.63, 3.8) is 0 Å². The largest absolute Gasteiger partial charge is 0.402 e. The van der Waals surface area contributed by atoms with Crippen molar-refractivity contribution in [1.82, 2.24) is 9.78 Å². The normalized spacial score (nSPS) is 10.2. The van der Waals surface area contributed by atoms with Gasteiger partial charge in [-0.2, -0.15) is 16.4 Å². The summed E-state index contributed by atoms with van der Waals surface area (Å²) in [5, 5.41) is 14.2. The molecule has 8 heteroatoms. The van der Waals surface area contributed by atoms with Crippen LogP contribution in [-0.2, 0) is 6.54 Å². The predicted molar refractivity (Wildman–Crippen MR) is 55.8 cm³/mol. The summed E-state index contributed by atoms with van der Waals surface area (Å²) in [6.45, 7) is 0.509. The molecule has 0 saturated carbocycles. The number of hydrogen-bond donors (Lipinski definition) is 1. The minimum Gasteiger partial charge on any atom is -0.365 e. The monoisotopic (exact) mass is 230 g/mol. The van der Waals surface area contributed by atoms with Gasteiger partial charge in [0.15, 0.2) is 5.56 Å². The first kappa shape index (κ1) is 11.5. The fourth-order valence-electron chi connectivity index (χ4n) is 1.02. The zero-order chi connectivity index (χ0) is 11.4. The van der Waals surface area contributed by atoms with E-state index in [1.165, 1.54) is 10.9 Å². The molecule has 1 aromatic rings. The van der Waals surface area contributed by atoms with E-state index in [0.29, 0.717) is 6.54 Å². The van der Waals surface area contributed by atoms with Crippen LogP contribution in [0.3, 0.4) is 0 Å². The fourth-order valence-corrected chi connectivity index (χ4v) is 1.39. The lowest BCUT2D eigenvalue weighted by molar-refractivity contribution is -0.390. The van der Waals surface area contributed by atoms with Crippen molar-refractivity contribution < 1.29 is 9.72 Å². The van der Waals surface area contributed by atoms with E-state index in [0.717, 1.165) is 5.75 Å². The summed E-state index contributed by atoms with van der Waals surface area (Å²) in [4.78, 5) is 20.7. The van der Waals surface area contributed by atoms with Crippen LogP contribution in [0.15, 0.2) is 6.20 Å². The highest BCUT2D eigenvalue weighted by atomic mass is 32.2. The minimum absolute atomic E-state index is 0.152. The van der Waals surface area contributed by atoms with Crippen LogP contribution in [0, 0.1) is 10.1 Å². The second-order valence-electron chi connectivity index (χ2n) is 2.74. The lowest BCUT2D eigenvalue weighted by Crippen LogP contribution is -2.11. The summed E-state index contributed by atoms with van der Waals surface area (Å²) in [5.41, 5.74) is 4.84. The van der Waals surface area contributed by atoms with Crippen LogP contribution in [0.5, 0.6) is 0 Å². The molecule has 0 saturated heterocycles. The molecule has 0 aliphatic carbocycles. The first-order chi connectivity index (χ1) is 7.06. The maximum absolute atomic E-state index is 10.9. The highest BCUT2D eigenvalue weighted by molar-refractivity contribution is 7.98. The number of aryl methyl sites for hydroxylation is 1. The second kappa shape index (κ2) is 4.78. The Labute approximate surface area is 89.8 Å². The molecule has 82 valence electrons. The molecule has 1 heterocycles. The van der Waals surface area contributed by atoms with Crippen molar-refractivity contribution in [2.75, 3.05) is 12.0 Å². The third-order valence-electron chi connectivity index (χ3n) is 1.71. The van der Waals surface area contributed by atoms with Gasteiger partial charge in [-0.05, 0) is 11.2 Å². The maximum Gasteiger partial charge on any atom is 0.402 e. The Hall–Kier alpha value is -1.57. The van der Waals surface area contributed by atoms with Crippen LogP contribution in [0.1, 0.15) is 10.4 Å². The Morgan fingerprint density at radius 1 is 1.80 bits per heavy atom. The number of carbonyl (C=O) groups is 1. The molecule has 15 heavy (non-hydrogen) atoms. The Kier molecular flexibility index (Phi) is 3.67. The second-order valence-corrected chi connectivity index (χ2v) is 3.73. The zero-order valence-electron chi connectivity index (χ0n) is 8.04. The number of nitrogens with two attached hydrogens (primary N) is 1. The molecular formula is C7H10N4O3S. The van der Waals surface area contributed by atoms with E-state index in [4.69, 9.17) is 5.73 Å². The van der Waals surface area contributed by atoms with Crippen molar-refractivity contribution in [3.8, 4) is 0 Å². The van der Waals surface area contributed by atoms with E-state index in [-0.39, 0.29) is 5.56 Å². The highest BCUT2D eigenvalue weighted by Crippen LogP contribution is 2.15. The van der Waals surface area contributed by atoms with Gasteiger partial charge < -0.3 is 15.8 Å². The number of thioether (sulfide) groups is 1. The number of nitrogens with zero attached hydrogens (tertiary/aromatic N) is 3. The quantitative estimate of drug-likeness (QED) is 0.576. The summed E-state index contributed by atoms with van der Waals surface area (Å²) in [6, 6.07) is 0. The first-order valence-corrected chi connectivity index (χ1v) is 5.46. The molecule has 1 rings (SSSR count). The molecule has 2 N–H and O–H groups in total. The van der Waals surface area contributed by atoms with Crippen LogP contribution in [0.2, 0.25) is 0 Å². The van der Waals surface area contributed by atoms with Gasteiger partial charge in [0, 0.05) is 5.75 Å². The number of hydrogen-bond acceptors (Lipinski definition) is 5. The first-order valence-electron chi connectivity index (χ1n) is 4.07. The predicted octanol–water partition coefficient (Wildman–Crippen LogP) is 0.253. The molecule has 0 radical (unpaired) electrons. The van der Waals surface area contributed by atoms with E-state index < -0.39 is 16.6 Å². The summed E-state index contributed by atoms with van der Waals surface area (Å²) in [7, 11) is 0. The Morgan fingerprint density at radius 2 is 2.47 bits per heavy atom. The van der Waals surface area contributed by atoms with Crippen LogP contribution in [0.25, 0.3) is 0 Å². The van der Waals surface area contributed by atoms with Crippen LogP contribution in [-0.4, -0.2) is 32.6 Å². The molecule has 7 nitrogen and oxygen atoms in total. The van der Waals surface area contributed by atoms with Gasteiger partial charge in [-0.1, -0.05) is 0 Å². The molecular weight excluding hydrogens is 220 g/mol. The summed E-state index contributed by atoms with van der Waals surface area (Å²) < 4.78 is 1.36. The summed E-state index contributed by atoms with van der Waals surface area (Å²) in [6.07, 6.45) is 3.21. The SMILES string of the molecule is CSCCn1cc(C(N)=O)c([N+](=O)[O-])n1. The number of rotatable bonds is 5. The van der Waals surface area contributed by atoms with E-state index in [1.54, 1.807) is 11.8 Å². The Bertz CT molecular complexity index is 358. The number of aromatic nitrogens is 2. The lowest BCUT2D eigenvalue weighted by atomic mass is 10.3.